The number of ether oxygens (including phenoxy) is 1. The second kappa shape index (κ2) is 7.48. The van der Waals surface area contributed by atoms with Gasteiger partial charge in [-0.3, -0.25) is 29.4 Å². The number of aromatic hydroxyl groups is 1. The summed E-state index contributed by atoms with van der Waals surface area (Å²) in [7, 11) is 1.18. The van der Waals surface area contributed by atoms with Crippen LogP contribution in [-0.2, 0) is 11.8 Å². The van der Waals surface area contributed by atoms with E-state index in [9.17, 15) is 34.2 Å². The van der Waals surface area contributed by atoms with Crippen molar-refractivity contribution in [2.24, 2.45) is 5.73 Å². The molecular formula is C26H16BrN3O8. The van der Waals surface area contributed by atoms with Crippen molar-refractivity contribution in [2.75, 3.05) is 7.11 Å². The third-order valence-electron chi connectivity index (χ3n) is 7.63. The topological polar surface area (TPSA) is 201 Å². The molecule has 1 aromatic heterocycles. The van der Waals surface area contributed by atoms with Gasteiger partial charge in [-0.1, -0.05) is 0 Å². The van der Waals surface area contributed by atoms with E-state index in [0.29, 0.717) is 16.3 Å². The number of fused-ring (bicyclic) bond motifs is 4. The minimum Gasteiger partial charge on any atom is -0.510 e. The van der Waals surface area contributed by atoms with Crippen LogP contribution in [0.3, 0.4) is 0 Å². The van der Waals surface area contributed by atoms with Crippen LogP contribution in [0.5, 0.6) is 11.5 Å². The lowest BCUT2D eigenvalue weighted by molar-refractivity contribution is 0.111. The quantitative estimate of drug-likeness (QED) is 0.178. The average Bonchev–Trinajstić information content (AvgIpc) is 3.40. The lowest BCUT2D eigenvalue weighted by atomic mass is 9.77. The molecule has 0 fully saturated rings. The Labute approximate surface area is 217 Å². The van der Waals surface area contributed by atoms with Crippen LogP contribution in [0.1, 0.15) is 28.0 Å². The number of halogens is 1. The van der Waals surface area contributed by atoms with E-state index in [0.717, 1.165) is 6.07 Å². The van der Waals surface area contributed by atoms with Gasteiger partial charge >= 0.3 is 0 Å². The summed E-state index contributed by atoms with van der Waals surface area (Å²) in [4.78, 5) is 66.7. The third kappa shape index (κ3) is 2.52. The van der Waals surface area contributed by atoms with E-state index in [2.05, 4.69) is 20.9 Å². The number of phenolic OH excluding ortho intramolecular Hbond substituents is 1. The molecule has 2 aromatic rings. The van der Waals surface area contributed by atoms with Gasteiger partial charge in [-0.05, 0) is 40.4 Å². The monoisotopic (exact) mass is 577 g/mol. The Balaban J connectivity index is 1.87. The van der Waals surface area contributed by atoms with E-state index in [-0.39, 0.29) is 51.5 Å². The van der Waals surface area contributed by atoms with Crippen molar-refractivity contribution in [3.63, 3.8) is 0 Å². The maximum absolute atomic E-state index is 13.6. The first-order valence-corrected chi connectivity index (χ1v) is 12.0. The molecule has 6 N–H and O–H groups in total. The molecule has 38 heavy (non-hydrogen) atoms. The number of nitrogens with two attached hydrogens (primary N) is 1. The number of hydrogen-bond donors (Lipinski definition) is 5. The fourth-order valence-corrected chi connectivity index (χ4v) is 6.70. The summed E-state index contributed by atoms with van der Waals surface area (Å²) >= 11 is 3.45. The molecular weight excluding hydrogens is 562 g/mol. The minimum absolute atomic E-state index is 0.0160. The fourth-order valence-electron chi connectivity index (χ4n) is 5.99. The number of rotatable bonds is 2. The van der Waals surface area contributed by atoms with Gasteiger partial charge in [0.2, 0.25) is 10.9 Å². The number of pyridine rings is 1. The lowest BCUT2D eigenvalue weighted by Gasteiger charge is -2.28. The molecule has 0 saturated carbocycles. The fraction of sp³-hybridized carbons (Fsp3) is 0.154. The van der Waals surface area contributed by atoms with Crippen molar-refractivity contribution in [3.8, 4) is 11.5 Å². The van der Waals surface area contributed by atoms with Crippen molar-refractivity contribution in [3.05, 3.63) is 101 Å². The second-order valence-electron chi connectivity index (χ2n) is 9.26. The largest absolute Gasteiger partial charge is 0.510 e. The number of methoxy groups -OCH3 is 1. The maximum Gasteiger partial charge on any atom is 0.260 e. The summed E-state index contributed by atoms with van der Waals surface area (Å²) < 4.78 is 5.34. The van der Waals surface area contributed by atoms with Crippen molar-refractivity contribution in [2.45, 2.75) is 18.3 Å². The van der Waals surface area contributed by atoms with E-state index in [1.165, 1.54) is 13.2 Å². The zero-order chi connectivity index (χ0) is 27.4. The van der Waals surface area contributed by atoms with Gasteiger partial charge < -0.3 is 25.7 Å². The van der Waals surface area contributed by atoms with Crippen LogP contribution in [0.25, 0.3) is 22.2 Å². The summed E-state index contributed by atoms with van der Waals surface area (Å²) in [5.41, 5.74) is 1.43. The number of benzene rings is 1. The van der Waals surface area contributed by atoms with Crippen LogP contribution >= 0.6 is 15.9 Å². The number of carbonyl (C=O) groups is 1. The summed E-state index contributed by atoms with van der Waals surface area (Å²) in [6.07, 6.45) is 0.674. The predicted octanol–water partition coefficient (Wildman–Crippen LogP) is -1.39. The molecule has 11 nitrogen and oxygen atoms in total. The molecule has 6 rings (SSSR count). The van der Waals surface area contributed by atoms with Crippen LogP contribution in [-0.4, -0.2) is 28.6 Å². The number of phenols is 1. The molecule has 190 valence electrons. The molecule has 0 bridgehead atoms. The van der Waals surface area contributed by atoms with Crippen LogP contribution in [0.4, 0.5) is 0 Å². The molecule has 0 aliphatic heterocycles. The number of H-pyrrole nitrogens is 1. The van der Waals surface area contributed by atoms with Gasteiger partial charge in [0.1, 0.15) is 11.5 Å². The molecule has 4 aliphatic rings. The Bertz CT molecular complexity index is 2300. The Hall–Kier alpha value is -4.58. The molecule has 1 heterocycles. The molecule has 1 spiro atoms. The Morgan fingerprint density at radius 2 is 1.76 bits per heavy atom. The van der Waals surface area contributed by atoms with Crippen LogP contribution in [0.2, 0.25) is 0 Å². The van der Waals surface area contributed by atoms with Crippen LogP contribution in [0.15, 0.2) is 35.8 Å². The predicted molar refractivity (Wildman–Crippen MR) is 138 cm³/mol. The Morgan fingerprint density at radius 3 is 2.42 bits per heavy atom. The number of aldehydes is 1. The van der Waals surface area contributed by atoms with Gasteiger partial charge in [0.25, 0.3) is 5.56 Å². The van der Waals surface area contributed by atoms with Gasteiger partial charge in [-0.2, -0.15) is 0 Å². The summed E-state index contributed by atoms with van der Waals surface area (Å²) in [6, 6.07) is 2.41. The number of aliphatic hydroxyl groups excluding tert-OH is 1. The summed E-state index contributed by atoms with van der Waals surface area (Å²) in [5.74, 6) is -1.48. The highest BCUT2D eigenvalue weighted by Gasteiger charge is 2.52. The molecule has 0 amide bonds. The number of carbonyl (C=O) groups excluding carboxylic acids is 1. The van der Waals surface area contributed by atoms with Crippen LogP contribution < -0.4 is 48.1 Å². The van der Waals surface area contributed by atoms with Gasteiger partial charge in [0.15, 0.2) is 17.5 Å². The van der Waals surface area contributed by atoms with Crippen molar-refractivity contribution in [1.29, 1.82) is 5.41 Å². The van der Waals surface area contributed by atoms with E-state index in [1.54, 1.807) is 0 Å². The highest BCUT2D eigenvalue weighted by atomic mass is 79.9. The summed E-state index contributed by atoms with van der Waals surface area (Å²) in [5, 5.41) is 29.0. The first kappa shape index (κ1) is 23.8. The maximum atomic E-state index is 13.6. The molecule has 1 unspecified atom stereocenters. The van der Waals surface area contributed by atoms with E-state index < -0.39 is 59.8 Å². The minimum atomic E-state index is -1.75. The number of aromatic nitrogens is 1. The molecule has 4 aliphatic carbocycles. The zero-order valence-corrected chi connectivity index (χ0v) is 21.0. The van der Waals surface area contributed by atoms with E-state index in [1.807, 2.05) is 0 Å². The van der Waals surface area contributed by atoms with Crippen molar-refractivity contribution >= 4 is 44.4 Å². The standard InChI is InChI=1S/C26H16BrN3O8/c1-38-11-5-10(28)13-14(19(11)32)21(34)16-15(20(13)33)23(29)26(24(16)36)3-2-8-17(26)22(35)12-9(18(8)27)4-7(6-31)30-25(12)37/h4-6,28,35-36H,2-3,29H2,1H3,(H,30,37). The Kier molecular flexibility index (Phi) is 4.68. The van der Waals surface area contributed by atoms with Crippen LogP contribution in [0, 0.1) is 15.8 Å². The first-order chi connectivity index (χ1) is 18.0. The normalized spacial score (nSPS) is 17.9. The second-order valence-corrected chi connectivity index (χ2v) is 10.1. The van der Waals surface area contributed by atoms with E-state index >= 15 is 0 Å². The van der Waals surface area contributed by atoms with Gasteiger partial charge in [0.05, 0.1) is 49.8 Å². The first-order valence-electron chi connectivity index (χ1n) is 11.2. The molecule has 1 atom stereocenters. The molecule has 0 saturated heterocycles. The SMILES string of the molecule is COc1cc(=N)c2c(=O)c3c(c(=O)c=2c1=O)=C(O)C1(CCc2c1c(O)c1c(=O)[nH]c(C=O)cc1c2Br)C=3N. The lowest BCUT2D eigenvalue weighted by Crippen LogP contribution is -2.52. The van der Waals surface area contributed by atoms with Crippen molar-refractivity contribution < 1.29 is 19.7 Å². The smallest absolute Gasteiger partial charge is 0.260 e. The highest BCUT2D eigenvalue weighted by Crippen LogP contribution is 2.55. The average molecular weight is 578 g/mol. The molecule has 1 aromatic carbocycles. The summed E-state index contributed by atoms with van der Waals surface area (Å²) in [6.45, 7) is 0. The Morgan fingerprint density at radius 1 is 1.08 bits per heavy atom. The number of hydrogen-bond acceptors (Lipinski definition) is 10. The molecule has 12 heteroatoms. The van der Waals surface area contributed by atoms with E-state index in [4.69, 9.17) is 15.9 Å². The van der Waals surface area contributed by atoms with Gasteiger partial charge in [0, 0.05) is 27.2 Å². The van der Waals surface area contributed by atoms with Crippen molar-refractivity contribution in [1.82, 2.24) is 4.98 Å². The van der Waals surface area contributed by atoms with Gasteiger partial charge in [-0.25, -0.2) is 0 Å². The zero-order valence-electron chi connectivity index (χ0n) is 19.4. The highest BCUT2D eigenvalue weighted by molar-refractivity contribution is 9.10. The molecule has 0 radical (unpaired) electrons. The number of nitrogens with one attached hydrogen (secondary N) is 2. The number of aromatic amines is 1. The number of aliphatic hydroxyl groups is 1. The van der Waals surface area contributed by atoms with Gasteiger partial charge in [-0.15, -0.1) is 0 Å². The third-order valence-corrected chi connectivity index (χ3v) is 8.53.